The van der Waals surface area contributed by atoms with Crippen molar-refractivity contribution >= 4 is 17.0 Å². The molecule has 30 heavy (non-hydrogen) atoms. The lowest BCUT2D eigenvalue weighted by Crippen LogP contribution is -2.00. The van der Waals surface area contributed by atoms with Crippen LogP contribution in [0.5, 0.6) is 0 Å². The van der Waals surface area contributed by atoms with Crippen LogP contribution in [0.15, 0.2) is 67.4 Å². The number of nitrogens with zero attached hydrogens (tertiary/aromatic N) is 6. The summed E-state index contributed by atoms with van der Waals surface area (Å²) in [6, 6.07) is 12.4. The summed E-state index contributed by atoms with van der Waals surface area (Å²) in [6.45, 7) is 3.78. The molecule has 7 nitrogen and oxygen atoms in total. The summed E-state index contributed by atoms with van der Waals surface area (Å²) in [4.78, 5) is 13.3. The maximum absolute atomic E-state index is 13.7. The van der Waals surface area contributed by atoms with Crippen molar-refractivity contribution in [2.24, 2.45) is 0 Å². The Morgan fingerprint density at radius 1 is 1.03 bits per heavy atom. The van der Waals surface area contributed by atoms with Crippen LogP contribution in [0.1, 0.15) is 11.4 Å². The van der Waals surface area contributed by atoms with Crippen LogP contribution in [-0.4, -0.2) is 29.1 Å². The molecule has 0 aliphatic rings. The lowest BCUT2D eigenvalue weighted by atomic mass is 10.1. The SMILES string of the molecule is Cc1ncn(-c2ccc(Nc3cccn4cc(-c5cc(F)ccc5C)nc34)cn2)n1. The van der Waals surface area contributed by atoms with Crippen LogP contribution in [0.2, 0.25) is 0 Å². The van der Waals surface area contributed by atoms with Crippen LogP contribution in [-0.2, 0) is 0 Å². The second-order valence-corrected chi connectivity index (χ2v) is 7.00. The molecular weight excluding hydrogens is 381 g/mol. The molecule has 1 aromatic carbocycles. The molecule has 0 saturated heterocycles. The standard InChI is InChI=1S/C22H18FN7/c1-14-5-6-16(23)10-18(14)20-12-29-9-3-4-19(22(29)27-20)26-17-7-8-21(24-11-17)30-13-25-15(2)28-30/h3-13,26H,1-2H3. The van der Waals surface area contributed by atoms with E-state index in [1.807, 2.05) is 54.9 Å². The summed E-state index contributed by atoms with van der Waals surface area (Å²) in [5.74, 6) is 1.10. The molecule has 0 unspecified atom stereocenters. The lowest BCUT2D eigenvalue weighted by Gasteiger charge is -2.08. The second kappa shape index (κ2) is 7.07. The van der Waals surface area contributed by atoms with Crippen LogP contribution in [0, 0.1) is 19.7 Å². The smallest absolute Gasteiger partial charge is 0.161 e. The minimum absolute atomic E-state index is 0.278. The zero-order chi connectivity index (χ0) is 20.7. The summed E-state index contributed by atoms with van der Waals surface area (Å²) >= 11 is 0. The van der Waals surface area contributed by atoms with Gasteiger partial charge in [-0.25, -0.2) is 24.0 Å². The Bertz CT molecular complexity index is 1350. The first-order valence-electron chi connectivity index (χ1n) is 9.43. The average molecular weight is 399 g/mol. The number of pyridine rings is 2. The second-order valence-electron chi connectivity index (χ2n) is 7.00. The van der Waals surface area contributed by atoms with Gasteiger partial charge in [0.15, 0.2) is 11.5 Å². The molecule has 0 spiro atoms. The molecule has 0 fully saturated rings. The van der Waals surface area contributed by atoms with Gasteiger partial charge in [0.1, 0.15) is 18.0 Å². The van der Waals surface area contributed by atoms with Gasteiger partial charge < -0.3 is 9.72 Å². The van der Waals surface area contributed by atoms with Gasteiger partial charge in [0.25, 0.3) is 0 Å². The normalized spacial score (nSPS) is 11.2. The first-order chi connectivity index (χ1) is 14.6. The predicted molar refractivity (Wildman–Crippen MR) is 112 cm³/mol. The van der Waals surface area contributed by atoms with Crippen LogP contribution in [0.4, 0.5) is 15.8 Å². The fraction of sp³-hybridized carbons (Fsp3) is 0.0909. The lowest BCUT2D eigenvalue weighted by molar-refractivity contribution is 0.628. The zero-order valence-corrected chi connectivity index (χ0v) is 16.4. The van der Waals surface area contributed by atoms with Gasteiger partial charge in [0.05, 0.1) is 23.3 Å². The molecule has 4 aromatic heterocycles. The van der Waals surface area contributed by atoms with Crippen molar-refractivity contribution in [3.8, 4) is 17.1 Å². The molecule has 0 amide bonds. The van der Waals surface area contributed by atoms with Gasteiger partial charge in [-0.3, -0.25) is 0 Å². The number of rotatable bonds is 4. The van der Waals surface area contributed by atoms with E-state index < -0.39 is 0 Å². The Labute approximate surface area is 171 Å². The van der Waals surface area contributed by atoms with Crippen molar-refractivity contribution in [3.05, 3.63) is 84.6 Å². The predicted octanol–water partition coefficient (Wildman–Crippen LogP) is 4.48. The molecule has 4 heterocycles. The highest BCUT2D eigenvalue weighted by molar-refractivity contribution is 5.77. The van der Waals surface area contributed by atoms with E-state index in [4.69, 9.17) is 4.98 Å². The summed E-state index contributed by atoms with van der Waals surface area (Å²) in [7, 11) is 0. The van der Waals surface area contributed by atoms with E-state index in [1.165, 1.54) is 12.1 Å². The monoisotopic (exact) mass is 399 g/mol. The molecule has 148 valence electrons. The molecule has 0 saturated carbocycles. The van der Waals surface area contributed by atoms with Crippen LogP contribution in [0.25, 0.3) is 22.7 Å². The zero-order valence-electron chi connectivity index (χ0n) is 16.4. The minimum Gasteiger partial charge on any atom is -0.351 e. The van der Waals surface area contributed by atoms with E-state index >= 15 is 0 Å². The highest BCUT2D eigenvalue weighted by atomic mass is 19.1. The van der Waals surface area contributed by atoms with Crippen molar-refractivity contribution in [1.82, 2.24) is 29.1 Å². The van der Waals surface area contributed by atoms with E-state index in [2.05, 4.69) is 20.4 Å². The van der Waals surface area contributed by atoms with Gasteiger partial charge in [-0.2, -0.15) is 5.10 Å². The van der Waals surface area contributed by atoms with Crippen molar-refractivity contribution < 1.29 is 4.39 Å². The number of anilines is 2. The van der Waals surface area contributed by atoms with Crippen molar-refractivity contribution in [1.29, 1.82) is 0 Å². The molecule has 5 rings (SSSR count). The minimum atomic E-state index is -0.278. The number of aryl methyl sites for hydroxylation is 2. The third-order valence-electron chi connectivity index (χ3n) is 4.83. The van der Waals surface area contributed by atoms with Crippen LogP contribution in [0.3, 0.4) is 0 Å². The Kier molecular flexibility index (Phi) is 4.24. The molecule has 0 radical (unpaired) electrons. The number of hydrogen-bond donors (Lipinski definition) is 1. The summed E-state index contributed by atoms with van der Waals surface area (Å²) in [5.41, 5.74) is 4.85. The van der Waals surface area contributed by atoms with E-state index in [-0.39, 0.29) is 5.82 Å². The van der Waals surface area contributed by atoms with Crippen LogP contribution >= 0.6 is 0 Å². The Morgan fingerprint density at radius 3 is 2.70 bits per heavy atom. The van der Waals surface area contributed by atoms with Gasteiger partial charge in [0, 0.05) is 18.0 Å². The summed E-state index contributed by atoms with van der Waals surface area (Å²) in [5, 5.41) is 7.62. The topological polar surface area (TPSA) is 72.9 Å². The van der Waals surface area contributed by atoms with Gasteiger partial charge in [0.2, 0.25) is 0 Å². The van der Waals surface area contributed by atoms with Gasteiger partial charge >= 0.3 is 0 Å². The molecular formula is C22H18FN7. The van der Waals surface area contributed by atoms with E-state index in [0.717, 1.165) is 33.8 Å². The number of aromatic nitrogens is 6. The van der Waals surface area contributed by atoms with Gasteiger partial charge in [-0.05, 0) is 55.8 Å². The quantitative estimate of drug-likeness (QED) is 0.482. The Hall–Kier alpha value is -4.07. The van der Waals surface area contributed by atoms with E-state index in [0.29, 0.717) is 11.6 Å². The highest BCUT2D eigenvalue weighted by Crippen LogP contribution is 2.27. The van der Waals surface area contributed by atoms with Gasteiger partial charge in [-0.1, -0.05) is 6.07 Å². The molecule has 5 aromatic rings. The molecule has 0 bridgehead atoms. The molecule has 0 aliphatic heterocycles. The van der Waals surface area contributed by atoms with E-state index in [1.54, 1.807) is 23.3 Å². The number of nitrogens with one attached hydrogen (secondary N) is 1. The number of hydrogen-bond acceptors (Lipinski definition) is 5. The van der Waals surface area contributed by atoms with Crippen molar-refractivity contribution in [2.45, 2.75) is 13.8 Å². The largest absolute Gasteiger partial charge is 0.351 e. The van der Waals surface area contributed by atoms with Crippen LogP contribution < -0.4 is 5.32 Å². The summed E-state index contributed by atoms with van der Waals surface area (Å²) in [6.07, 6.45) is 7.18. The molecule has 8 heteroatoms. The first-order valence-corrected chi connectivity index (χ1v) is 9.43. The Balaban J connectivity index is 1.47. The number of halogens is 1. The molecule has 1 N–H and O–H groups in total. The number of fused-ring (bicyclic) bond motifs is 1. The van der Waals surface area contributed by atoms with E-state index in [9.17, 15) is 4.39 Å². The summed E-state index contributed by atoms with van der Waals surface area (Å²) < 4.78 is 17.3. The maximum atomic E-state index is 13.7. The third-order valence-corrected chi connectivity index (χ3v) is 4.83. The molecule has 0 aliphatic carbocycles. The van der Waals surface area contributed by atoms with Gasteiger partial charge in [-0.15, -0.1) is 0 Å². The fourth-order valence-corrected chi connectivity index (χ4v) is 3.32. The fourth-order valence-electron chi connectivity index (χ4n) is 3.32. The highest BCUT2D eigenvalue weighted by Gasteiger charge is 2.11. The number of imidazole rings is 1. The third kappa shape index (κ3) is 3.28. The molecule has 0 atom stereocenters. The number of benzene rings is 1. The maximum Gasteiger partial charge on any atom is 0.161 e. The van der Waals surface area contributed by atoms with Crippen molar-refractivity contribution in [2.75, 3.05) is 5.32 Å². The Morgan fingerprint density at radius 2 is 1.93 bits per heavy atom. The first kappa shape index (κ1) is 18.0. The van der Waals surface area contributed by atoms with Crippen molar-refractivity contribution in [3.63, 3.8) is 0 Å². The average Bonchev–Trinajstić information content (AvgIpc) is 3.37.